The van der Waals surface area contributed by atoms with Crippen LogP contribution in [0.25, 0.3) is 0 Å². The van der Waals surface area contributed by atoms with Crippen molar-refractivity contribution >= 4 is 11.7 Å². The zero-order valence-electron chi connectivity index (χ0n) is 14.1. The first kappa shape index (κ1) is 16.9. The van der Waals surface area contributed by atoms with Crippen molar-refractivity contribution in [3.05, 3.63) is 39.9 Å². The lowest BCUT2D eigenvalue weighted by Crippen LogP contribution is -2.43. The summed E-state index contributed by atoms with van der Waals surface area (Å²) in [5.74, 6) is -0.439. The van der Waals surface area contributed by atoms with E-state index < -0.39 is 10.9 Å². The number of nitrogens with zero attached hydrogens (tertiary/aromatic N) is 1. The van der Waals surface area contributed by atoms with E-state index in [9.17, 15) is 14.9 Å². The highest BCUT2D eigenvalue weighted by atomic mass is 16.7. The Morgan fingerprint density at radius 2 is 2.12 bits per heavy atom. The quantitative estimate of drug-likeness (QED) is 0.340. The Labute approximate surface area is 141 Å². The monoisotopic (exact) mass is 333 g/mol. The molecule has 6 heteroatoms. The molecule has 1 saturated carbocycles. The molecule has 2 aliphatic rings. The van der Waals surface area contributed by atoms with Crippen molar-refractivity contribution in [2.24, 2.45) is 0 Å². The van der Waals surface area contributed by atoms with E-state index in [0.29, 0.717) is 5.56 Å². The van der Waals surface area contributed by atoms with Gasteiger partial charge in [0.05, 0.1) is 16.1 Å². The minimum absolute atomic E-state index is 0.0401. The molecule has 0 spiro atoms. The second-order valence-corrected chi connectivity index (χ2v) is 6.92. The van der Waals surface area contributed by atoms with E-state index in [1.54, 1.807) is 0 Å². The lowest BCUT2D eigenvalue weighted by atomic mass is 9.75. The fraction of sp³-hybridized carbons (Fsp3) is 0.611. The van der Waals surface area contributed by atoms with E-state index >= 15 is 0 Å². The maximum Gasteiger partial charge on any atom is 0.338 e. The molecule has 1 aromatic carbocycles. The normalized spacial score (nSPS) is 31.2. The summed E-state index contributed by atoms with van der Waals surface area (Å²) >= 11 is 0. The molecule has 130 valence electrons. The first-order chi connectivity index (χ1) is 11.4. The Morgan fingerprint density at radius 1 is 1.42 bits per heavy atom. The van der Waals surface area contributed by atoms with Crippen LogP contribution in [0.2, 0.25) is 0 Å². The number of epoxide rings is 1. The number of rotatable bonds is 6. The average Bonchev–Trinajstić information content (AvgIpc) is 3.20. The van der Waals surface area contributed by atoms with E-state index in [4.69, 9.17) is 9.47 Å². The highest BCUT2D eigenvalue weighted by Crippen LogP contribution is 2.60. The minimum Gasteiger partial charge on any atom is -0.456 e. The van der Waals surface area contributed by atoms with Crippen molar-refractivity contribution in [1.82, 2.24) is 0 Å². The van der Waals surface area contributed by atoms with Gasteiger partial charge in [0.25, 0.3) is 5.69 Å². The SMILES string of the molecule is CCCC[C@@]12O[C@]1(C)CCC[C@H]2OC(=O)c1ccc([N+](=O)[O-])cc1. The molecule has 1 heterocycles. The summed E-state index contributed by atoms with van der Waals surface area (Å²) in [6, 6.07) is 5.52. The standard InChI is InChI=1S/C18H23NO5/c1-3-4-12-18-15(6-5-11-17(18,2)24-18)23-16(20)13-7-9-14(10-8-13)19(21)22/h7-10,15H,3-6,11-12H2,1-2H3/t15-,17-,18+/m1/s1. The lowest BCUT2D eigenvalue weighted by molar-refractivity contribution is -0.384. The van der Waals surface area contributed by atoms with E-state index in [-0.39, 0.29) is 23.0 Å². The minimum atomic E-state index is -0.487. The van der Waals surface area contributed by atoms with Crippen molar-refractivity contribution in [2.75, 3.05) is 0 Å². The molecule has 1 aliphatic carbocycles. The van der Waals surface area contributed by atoms with Crippen LogP contribution in [-0.2, 0) is 9.47 Å². The molecular formula is C18H23NO5. The smallest absolute Gasteiger partial charge is 0.338 e. The van der Waals surface area contributed by atoms with Gasteiger partial charge in [0.15, 0.2) is 0 Å². The van der Waals surface area contributed by atoms with Crippen LogP contribution in [0.15, 0.2) is 24.3 Å². The van der Waals surface area contributed by atoms with Crippen LogP contribution < -0.4 is 0 Å². The summed E-state index contributed by atoms with van der Waals surface area (Å²) in [4.78, 5) is 22.6. The van der Waals surface area contributed by atoms with Gasteiger partial charge in [-0.15, -0.1) is 0 Å². The Balaban J connectivity index is 1.72. The van der Waals surface area contributed by atoms with Gasteiger partial charge in [0, 0.05) is 12.1 Å². The number of nitro groups is 1. The average molecular weight is 333 g/mol. The largest absolute Gasteiger partial charge is 0.456 e. The number of hydrogen-bond donors (Lipinski definition) is 0. The summed E-state index contributed by atoms with van der Waals surface area (Å²) in [7, 11) is 0. The van der Waals surface area contributed by atoms with Gasteiger partial charge in [-0.05, 0) is 44.7 Å². The number of benzene rings is 1. The van der Waals surface area contributed by atoms with Gasteiger partial charge < -0.3 is 9.47 Å². The van der Waals surface area contributed by atoms with E-state index in [0.717, 1.165) is 38.5 Å². The molecule has 3 atom stereocenters. The summed E-state index contributed by atoms with van der Waals surface area (Å²) in [5, 5.41) is 10.7. The van der Waals surface area contributed by atoms with Gasteiger partial charge in [0.2, 0.25) is 0 Å². The maximum atomic E-state index is 12.4. The molecule has 3 rings (SSSR count). The molecule has 2 fully saturated rings. The third kappa shape index (κ3) is 2.79. The second kappa shape index (κ2) is 6.16. The summed E-state index contributed by atoms with van der Waals surface area (Å²) in [6.45, 7) is 4.24. The molecule has 0 amide bonds. The number of carbonyl (C=O) groups is 1. The third-order valence-electron chi connectivity index (χ3n) is 5.37. The van der Waals surface area contributed by atoms with Crippen LogP contribution in [0, 0.1) is 10.1 Å². The Bertz CT molecular complexity index is 643. The second-order valence-electron chi connectivity index (χ2n) is 6.92. The van der Waals surface area contributed by atoms with Crippen molar-refractivity contribution in [3.8, 4) is 0 Å². The fourth-order valence-corrected chi connectivity index (χ4v) is 3.89. The number of esters is 1. The molecule has 0 unspecified atom stereocenters. The maximum absolute atomic E-state index is 12.4. The van der Waals surface area contributed by atoms with E-state index in [1.165, 1.54) is 24.3 Å². The Kier molecular flexibility index (Phi) is 4.34. The predicted octanol–water partition coefficient (Wildman–Crippen LogP) is 4.02. The van der Waals surface area contributed by atoms with Gasteiger partial charge in [-0.25, -0.2) is 4.79 Å². The number of fused-ring (bicyclic) bond motifs is 1. The molecule has 1 aliphatic heterocycles. The predicted molar refractivity (Wildman–Crippen MR) is 87.9 cm³/mol. The molecule has 1 aromatic rings. The number of non-ortho nitro benzene ring substituents is 1. The topological polar surface area (TPSA) is 82.0 Å². The Hall–Kier alpha value is -1.95. The summed E-state index contributed by atoms with van der Waals surface area (Å²) < 4.78 is 11.9. The van der Waals surface area contributed by atoms with Crippen molar-refractivity contribution in [1.29, 1.82) is 0 Å². The van der Waals surface area contributed by atoms with Crippen LogP contribution in [0.1, 0.15) is 62.7 Å². The molecule has 1 saturated heterocycles. The van der Waals surface area contributed by atoms with Gasteiger partial charge in [0.1, 0.15) is 11.7 Å². The van der Waals surface area contributed by atoms with Crippen LogP contribution in [0.5, 0.6) is 0 Å². The van der Waals surface area contributed by atoms with Crippen LogP contribution >= 0.6 is 0 Å². The zero-order valence-corrected chi connectivity index (χ0v) is 14.1. The molecule has 6 nitrogen and oxygen atoms in total. The number of ether oxygens (including phenoxy) is 2. The molecule has 0 radical (unpaired) electrons. The van der Waals surface area contributed by atoms with Crippen LogP contribution in [0.3, 0.4) is 0 Å². The molecule has 0 aromatic heterocycles. The summed E-state index contributed by atoms with van der Waals surface area (Å²) in [6.07, 6.45) is 5.55. The molecule has 0 N–H and O–H groups in total. The fourth-order valence-electron chi connectivity index (χ4n) is 3.89. The van der Waals surface area contributed by atoms with Gasteiger partial charge in [-0.2, -0.15) is 0 Å². The number of unbranched alkanes of at least 4 members (excludes halogenated alkanes) is 1. The van der Waals surface area contributed by atoms with Gasteiger partial charge in [-0.1, -0.05) is 19.8 Å². The van der Waals surface area contributed by atoms with Crippen molar-refractivity contribution in [2.45, 2.75) is 69.7 Å². The highest BCUT2D eigenvalue weighted by molar-refractivity contribution is 5.89. The van der Waals surface area contributed by atoms with Crippen LogP contribution in [0.4, 0.5) is 5.69 Å². The molecule has 24 heavy (non-hydrogen) atoms. The van der Waals surface area contributed by atoms with Crippen molar-refractivity contribution < 1.29 is 19.2 Å². The number of hydrogen-bond acceptors (Lipinski definition) is 5. The first-order valence-corrected chi connectivity index (χ1v) is 8.57. The number of carbonyl (C=O) groups excluding carboxylic acids is 1. The molecular weight excluding hydrogens is 310 g/mol. The molecule has 0 bridgehead atoms. The van der Waals surface area contributed by atoms with E-state index in [2.05, 4.69) is 13.8 Å². The third-order valence-corrected chi connectivity index (χ3v) is 5.37. The van der Waals surface area contributed by atoms with Gasteiger partial charge in [-0.3, -0.25) is 10.1 Å². The van der Waals surface area contributed by atoms with Gasteiger partial charge >= 0.3 is 5.97 Å². The highest BCUT2D eigenvalue weighted by Gasteiger charge is 2.72. The van der Waals surface area contributed by atoms with Crippen LogP contribution in [-0.4, -0.2) is 28.2 Å². The zero-order chi connectivity index (χ0) is 17.4. The number of nitro benzene ring substituents is 1. The lowest BCUT2D eigenvalue weighted by Gasteiger charge is -2.31. The summed E-state index contributed by atoms with van der Waals surface area (Å²) in [5.41, 5.74) is -0.237. The van der Waals surface area contributed by atoms with E-state index in [1.807, 2.05) is 0 Å². The Morgan fingerprint density at radius 3 is 2.75 bits per heavy atom. The first-order valence-electron chi connectivity index (χ1n) is 8.57. The van der Waals surface area contributed by atoms with Crippen molar-refractivity contribution in [3.63, 3.8) is 0 Å².